The van der Waals surface area contributed by atoms with Gasteiger partial charge in [-0.2, -0.15) is 0 Å². The minimum atomic E-state index is 0.0995. The van der Waals surface area contributed by atoms with Crippen LogP contribution in [0.15, 0.2) is 0 Å². The lowest BCUT2D eigenvalue weighted by Gasteiger charge is -2.39. The Hall–Kier alpha value is -0.610. The fourth-order valence-corrected chi connectivity index (χ4v) is 3.78. The van der Waals surface area contributed by atoms with Gasteiger partial charge in [0.1, 0.15) is 0 Å². The van der Waals surface area contributed by atoms with Gasteiger partial charge in [0.25, 0.3) is 0 Å². The molecule has 1 amide bonds. The number of ether oxygens (including phenoxy) is 1. The van der Waals surface area contributed by atoms with Gasteiger partial charge in [0, 0.05) is 18.1 Å². The molecule has 0 aliphatic carbocycles. The van der Waals surface area contributed by atoms with Crippen molar-refractivity contribution in [2.75, 3.05) is 6.61 Å². The summed E-state index contributed by atoms with van der Waals surface area (Å²) in [7, 11) is 0. The highest BCUT2D eigenvalue weighted by Gasteiger charge is 2.45. The van der Waals surface area contributed by atoms with E-state index in [9.17, 15) is 4.79 Å². The molecule has 0 aromatic rings. The van der Waals surface area contributed by atoms with Gasteiger partial charge in [0.05, 0.1) is 18.6 Å². The van der Waals surface area contributed by atoms with Crippen molar-refractivity contribution in [2.45, 2.75) is 63.3 Å². The number of nitrogens with two attached hydrogens (primary N) is 1. The first-order valence-electron chi connectivity index (χ1n) is 6.84. The monoisotopic (exact) mass is 238 g/mol. The van der Waals surface area contributed by atoms with Crippen molar-refractivity contribution in [3.05, 3.63) is 0 Å². The third-order valence-corrected chi connectivity index (χ3v) is 4.57. The van der Waals surface area contributed by atoms with Crippen LogP contribution in [-0.2, 0) is 9.53 Å². The smallest absolute Gasteiger partial charge is 0.228 e. The van der Waals surface area contributed by atoms with E-state index < -0.39 is 0 Å². The van der Waals surface area contributed by atoms with E-state index in [4.69, 9.17) is 10.5 Å². The minimum Gasteiger partial charge on any atom is -0.378 e. The third kappa shape index (κ3) is 1.97. The molecule has 0 aromatic carbocycles. The molecule has 17 heavy (non-hydrogen) atoms. The van der Waals surface area contributed by atoms with Gasteiger partial charge < -0.3 is 15.4 Å². The number of hydrogen-bond donors (Lipinski definition) is 1. The van der Waals surface area contributed by atoms with Crippen LogP contribution in [-0.4, -0.2) is 41.6 Å². The van der Waals surface area contributed by atoms with Crippen molar-refractivity contribution in [2.24, 2.45) is 11.7 Å². The second kappa shape index (κ2) is 4.25. The van der Waals surface area contributed by atoms with Crippen LogP contribution in [0.4, 0.5) is 0 Å². The molecule has 4 unspecified atom stereocenters. The summed E-state index contributed by atoms with van der Waals surface area (Å²) in [6.45, 7) is 2.66. The Kier molecular flexibility index (Phi) is 2.87. The molecule has 3 fully saturated rings. The Morgan fingerprint density at radius 3 is 2.41 bits per heavy atom. The highest BCUT2D eigenvalue weighted by molar-refractivity contribution is 5.80. The molecule has 4 heteroatoms. The average molecular weight is 238 g/mol. The predicted molar refractivity (Wildman–Crippen MR) is 64.4 cm³/mol. The van der Waals surface area contributed by atoms with E-state index in [1.807, 2.05) is 6.92 Å². The van der Waals surface area contributed by atoms with Crippen molar-refractivity contribution in [1.29, 1.82) is 0 Å². The van der Waals surface area contributed by atoms with Gasteiger partial charge in [0.2, 0.25) is 5.91 Å². The number of nitrogens with zero attached hydrogens (tertiary/aromatic N) is 1. The highest BCUT2D eigenvalue weighted by Crippen LogP contribution is 2.37. The largest absolute Gasteiger partial charge is 0.378 e. The van der Waals surface area contributed by atoms with Gasteiger partial charge in [-0.15, -0.1) is 0 Å². The zero-order valence-corrected chi connectivity index (χ0v) is 10.5. The summed E-state index contributed by atoms with van der Waals surface area (Å²) in [5.41, 5.74) is 6.03. The number of rotatable bonds is 1. The Bertz CT molecular complexity index is 307. The number of carbonyl (C=O) groups is 1. The van der Waals surface area contributed by atoms with E-state index in [1.54, 1.807) is 0 Å². The second-order valence-electron chi connectivity index (χ2n) is 5.94. The maximum atomic E-state index is 12.5. The predicted octanol–water partition coefficient (Wildman–Crippen LogP) is 0.892. The van der Waals surface area contributed by atoms with Crippen molar-refractivity contribution in [3.8, 4) is 0 Å². The van der Waals surface area contributed by atoms with E-state index in [1.165, 1.54) is 0 Å². The average Bonchev–Trinajstić information content (AvgIpc) is 2.81. The molecule has 4 atom stereocenters. The van der Waals surface area contributed by atoms with E-state index >= 15 is 0 Å². The maximum absolute atomic E-state index is 12.5. The molecule has 0 aromatic heterocycles. The topological polar surface area (TPSA) is 55.6 Å². The SMILES string of the molecule is CC1CC(C(=O)N2C3CCC2CC(N)C3)CO1. The van der Waals surface area contributed by atoms with Crippen molar-refractivity contribution >= 4 is 5.91 Å². The molecular weight excluding hydrogens is 216 g/mol. The molecule has 0 radical (unpaired) electrons. The summed E-state index contributed by atoms with van der Waals surface area (Å²) in [6, 6.07) is 1.12. The van der Waals surface area contributed by atoms with Crippen LogP contribution in [0.25, 0.3) is 0 Å². The lowest BCUT2D eigenvalue weighted by Crippen LogP contribution is -2.52. The van der Waals surface area contributed by atoms with Gasteiger partial charge in [-0.1, -0.05) is 0 Å². The first-order valence-corrected chi connectivity index (χ1v) is 6.84. The number of amides is 1. The van der Waals surface area contributed by atoms with Gasteiger partial charge in [-0.05, 0) is 39.0 Å². The van der Waals surface area contributed by atoms with Crippen LogP contribution in [0, 0.1) is 5.92 Å². The van der Waals surface area contributed by atoms with Crippen molar-refractivity contribution < 1.29 is 9.53 Å². The highest BCUT2D eigenvalue weighted by atomic mass is 16.5. The molecule has 0 saturated carbocycles. The van der Waals surface area contributed by atoms with Gasteiger partial charge in [-0.3, -0.25) is 4.79 Å². The fraction of sp³-hybridized carbons (Fsp3) is 0.923. The first kappa shape index (κ1) is 11.5. The Morgan fingerprint density at radius 1 is 1.24 bits per heavy atom. The molecule has 3 aliphatic heterocycles. The lowest BCUT2D eigenvalue weighted by atomic mass is 9.95. The molecule has 0 spiro atoms. The van der Waals surface area contributed by atoms with Crippen LogP contribution in [0.3, 0.4) is 0 Å². The van der Waals surface area contributed by atoms with Crippen LogP contribution < -0.4 is 5.73 Å². The molecule has 3 heterocycles. The van der Waals surface area contributed by atoms with Gasteiger partial charge in [0.15, 0.2) is 0 Å². The van der Waals surface area contributed by atoms with E-state index in [0.717, 1.165) is 32.1 Å². The summed E-state index contributed by atoms with van der Waals surface area (Å²) in [5.74, 6) is 0.427. The van der Waals surface area contributed by atoms with Crippen LogP contribution in [0.1, 0.15) is 39.0 Å². The lowest BCUT2D eigenvalue weighted by molar-refractivity contribution is -0.140. The standard InChI is InChI=1S/C13H22N2O2/c1-8-4-9(7-17-8)13(16)15-11-2-3-12(15)6-10(14)5-11/h8-12H,2-7,14H2,1H3. The van der Waals surface area contributed by atoms with Crippen LogP contribution in [0.2, 0.25) is 0 Å². The Labute approximate surface area is 102 Å². The summed E-state index contributed by atoms with van der Waals surface area (Å²) < 4.78 is 5.52. The van der Waals surface area contributed by atoms with Gasteiger partial charge in [-0.25, -0.2) is 0 Å². The summed E-state index contributed by atoms with van der Waals surface area (Å²) >= 11 is 0. The fourth-order valence-electron chi connectivity index (χ4n) is 3.78. The second-order valence-corrected chi connectivity index (χ2v) is 5.94. The van der Waals surface area contributed by atoms with Crippen molar-refractivity contribution in [1.82, 2.24) is 4.90 Å². The quantitative estimate of drug-likeness (QED) is 0.738. The third-order valence-electron chi connectivity index (χ3n) is 4.57. The zero-order valence-electron chi connectivity index (χ0n) is 10.5. The summed E-state index contributed by atoms with van der Waals surface area (Å²) in [5, 5.41) is 0. The van der Waals surface area contributed by atoms with Crippen molar-refractivity contribution in [3.63, 3.8) is 0 Å². The molecule has 2 bridgehead atoms. The first-order chi connectivity index (χ1) is 8.15. The summed E-state index contributed by atoms with van der Waals surface area (Å²) in [4.78, 5) is 14.7. The van der Waals surface area contributed by atoms with E-state index in [2.05, 4.69) is 4.90 Å². The molecule has 3 aliphatic rings. The molecule has 3 rings (SSSR count). The number of carbonyl (C=O) groups excluding carboxylic acids is 1. The van der Waals surface area contributed by atoms with Crippen LogP contribution in [0.5, 0.6) is 0 Å². The minimum absolute atomic E-state index is 0.0995. The number of piperidine rings is 1. The Morgan fingerprint density at radius 2 is 1.88 bits per heavy atom. The van der Waals surface area contributed by atoms with Crippen LogP contribution >= 0.6 is 0 Å². The number of fused-ring (bicyclic) bond motifs is 2. The van der Waals surface area contributed by atoms with E-state index in [0.29, 0.717) is 30.6 Å². The number of hydrogen-bond acceptors (Lipinski definition) is 3. The summed E-state index contributed by atoms with van der Waals surface area (Å²) in [6.07, 6.45) is 5.41. The molecule has 2 N–H and O–H groups in total. The zero-order chi connectivity index (χ0) is 12.0. The normalized spacial score (nSPS) is 45.3. The Balaban J connectivity index is 1.70. The van der Waals surface area contributed by atoms with Gasteiger partial charge >= 0.3 is 0 Å². The molecular formula is C13H22N2O2. The molecule has 3 saturated heterocycles. The maximum Gasteiger partial charge on any atom is 0.228 e. The molecule has 4 nitrogen and oxygen atoms in total. The van der Waals surface area contributed by atoms with E-state index in [-0.39, 0.29) is 12.0 Å². The molecule has 96 valence electrons.